The number of thioether (sulfide) groups is 1. The van der Waals surface area contributed by atoms with Gasteiger partial charge in [-0.1, -0.05) is 35.5 Å². The summed E-state index contributed by atoms with van der Waals surface area (Å²) in [6, 6.07) is 13.0. The molecule has 0 aliphatic heterocycles. The van der Waals surface area contributed by atoms with Crippen LogP contribution in [0, 0.1) is 5.82 Å². The molecule has 0 radical (unpaired) electrons. The molecule has 0 saturated carbocycles. The summed E-state index contributed by atoms with van der Waals surface area (Å²) in [7, 11) is 0. The quantitative estimate of drug-likeness (QED) is 0.358. The molecule has 6 nitrogen and oxygen atoms in total. The fourth-order valence-corrected chi connectivity index (χ4v) is 2.91. The number of halogens is 2. The first kappa shape index (κ1) is 18.3. The third-order valence-corrected chi connectivity index (χ3v) is 4.55. The largest absolute Gasteiger partial charge is 0.491 e. The highest BCUT2D eigenvalue weighted by atomic mass is 35.5. The maximum Gasteiger partial charge on any atom is 0.210 e. The standard InChI is InChI=1S/C17H16ClFN4O2S/c18-14-3-1-2-4-15(14)24-9-10-26-17-22-21-16(23(17)20)11-25-13-7-5-12(19)6-8-13/h1-8H,9-11,20H2. The van der Waals surface area contributed by atoms with E-state index < -0.39 is 0 Å². The molecule has 0 spiro atoms. The first-order valence-electron chi connectivity index (χ1n) is 7.71. The molecule has 0 amide bonds. The summed E-state index contributed by atoms with van der Waals surface area (Å²) >= 11 is 7.44. The lowest BCUT2D eigenvalue weighted by atomic mass is 10.3. The van der Waals surface area contributed by atoms with Gasteiger partial charge >= 0.3 is 0 Å². The highest BCUT2D eigenvalue weighted by Gasteiger charge is 2.11. The Morgan fingerprint density at radius 3 is 2.62 bits per heavy atom. The van der Waals surface area contributed by atoms with Gasteiger partial charge in [0.1, 0.15) is 23.9 Å². The molecule has 1 aromatic heterocycles. The Morgan fingerprint density at radius 1 is 1.08 bits per heavy atom. The van der Waals surface area contributed by atoms with Gasteiger partial charge in [0.25, 0.3) is 0 Å². The number of nitrogen functional groups attached to an aromatic ring is 1. The van der Waals surface area contributed by atoms with E-state index in [4.69, 9.17) is 26.9 Å². The molecular weight excluding hydrogens is 379 g/mol. The van der Waals surface area contributed by atoms with Crippen LogP contribution in [0.15, 0.2) is 53.7 Å². The minimum Gasteiger partial charge on any atom is -0.491 e. The maximum atomic E-state index is 12.9. The Labute approximate surface area is 159 Å². The molecule has 0 atom stereocenters. The summed E-state index contributed by atoms with van der Waals surface area (Å²) in [4.78, 5) is 0. The summed E-state index contributed by atoms with van der Waals surface area (Å²) < 4.78 is 25.4. The number of aromatic nitrogens is 3. The van der Waals surface area contributed by atoms with Gasteiger partial charge < -0.3 is 15.3 Å². The van der Waals surface area contributed by atoms with Crippen molar-refractivity contribution in [2.45, 2.75) is 11.8 Å². The molecule has 0 fully saturated rings. The van der Waals surface area contributed by atoms with Gasteiger partial charge in [0.2, 0.25) is 5.16 Å². The van der Waals surface area contributed by atoms with Crippen molar-refractivity contribution in [2.75, 3.05) is 18.2 Å². The smallest absolute Gasteiger partial charge is 0.210 e. The van der Waals surface area contributed by atoms with Crippen molar-refractivity contribution in [3.05, 3.63) is 65.2 Å². The molecular formula is C17H16ClFN4O2S. The summed E-state index contributed by atoms with van der Waals surface area (Å²) in [5, 5.41) is 9.15. The SMILES string of the molecule is Nn1c(COc2ccc(F)cc2)nnc1SCCOc1ccccc1Cl. The van der Waals surface area contributed by atoms with Gasteiger partial charge in [-0.3, -0.25) is 0 Å². The highest BCUT2D eigenvalue weighted by molar-refractivity contribution is 7.99. The predicted molar refractivity (Wildman–Crippen MR) is 98.6 cm³/mol. The van der Waals surface area contributed by atoms with Crippen molar-refractivity contribution in [2.24, 2.45) is 0 Å². The molecule has 0 saturated heterocycles. The third kappa shape index (κ3) is 4.80. The molecule has 1 heterocycles. The molecule has 0 aliphatic rings. The van der Waals surface area contributed by atoms with Crippen molar-refractivity contribution < 1.29 is 13.9 Å². The molecule has 0 unspecified atom stereocenters. The van der Waals surface area contributed by atoms with E-state index in [1.165, 1.54) is 40.7 Å². The Hall–Kier alpha value is -2.45. The van der Waals surface area contributed by atoms with Crippen LogP contribution in [-0.2, 0) is 6.61 Å². The number of benzene rings is 2. The maximum absolute atomic E-state index is 12.9. The van der Waals surface area contributed by atoms with Crippen LogP contribution in [-0.4, -0.2) is 27.2 Å². The fraction of sp³-hybridized carbons (Fsp3) is 0.176. The summed E-state index contributed by atoms with van der Waals surface area (Å²) in [5.41, 5.74) is 0. The first-order valence-corrected chi connectivity index (χ1v) is 9.07. The topological polar surface area (TPSA) is 75.2 Å². The van der Waals surface area contributed by atoms with Crippen molar-refractivity contribution >= 4 is 23.4 Å². The molecule has 3 aromatic rings. The van der Waals surface area contributed by atoms with Crippen LogP contribution in [0.2, 0.25) is 5.02 Å². The van der Waals surface area contributed by atoms with Crippen LogP contribution in [0.25, 0.3) is 0 Å². The van der Waals surface area contributed by atoms with Crippen LogP contribution in [0.1, 0.15) is 5.82 Å². The average Bonchev–Trinajstić information content (AvgIpc) is 2.99. The van der Waals surface area contributed by atoms with Gasteiger partial charge in [-0.15, -0.1) is 10.2 Å². The highest BCUT2D eigenvalue weighted by Crippen LogP contribution is 2.24. The molecule has 2 N–H and O–H groups in total. The lowest BCUT2D eigenvalue weighted by Crippen LogP contribution is -2.16. The van der Waals surface area contributed by atoms with Crippen molar-refractivity contribution in [3.63, 3.8) is 0 Å². The lowest BCUT2D eigenvalue weighted by Gasteiger charge is -2.08. The summed E-state index contributed by atoms with van der Waals surface area (Å²) in [6.45, 7) is 0.578. The van der Waals surface area contributed by atoms with Crippen molar-refractivity contribution in [1.82, 2.24) is 14.9 Å². The molecule has 3 rings (SSSR count). The lowest BCUT2D eigenvalue weighted by molar-refractivity contribution is 0.291. The number of nitrogens with two attached hydrogens (primary N) is 1. The Balaban J connectivity index is 1.47. The Morgan fingerprint density at radius 2 is 1.85 bits per heavy atom. The van der Waals surface area contributed by atoms with Gasteiger partial charge in [0.15, 0.2) is 5.82 Å². The van der Waals surface area contributed by atoms with Crippen LogP contribution >= 0.6 is 23.4 Å². The molecule has 0 bridgehead atoms. The molecule has 136 valence electrons. The van der Waals surface area contributed by atoms with Crippen molar-refractivity contribution in [1.29, 1.82) is 0 Å². The summed E-state index contributed by atoms with van der Waals surface area (Å²) in [5.74, 6) is 7.90. The number of para-hydroxylation sites is 1. The Bertz CT molecular complexity index is 860. The van der Waals surface area contributed by atoms with Gasteiger partial charge in [0.05, 0.1) is 11.6 Å². The van der Waals surface area contributed by atoms with Crippen LogP contribution < -0.4 is 15.3 Å². The predicted octanol–water partition coefficient (Wildman–Crippen LogP) is 3.53. The minimum absolute atomic E-state index is 0.131. The number of hydrogen-bond donors (Lipinski definition) is 1. The van der Waals surface area contributed by atoms with E-state index in [0.717, 1.165) is 0 Å². The van der Waals surface area contributed by atoms with Crippen LogP contribution in [0.4, 0.5) is 4.39 Å². The van der Waals surface area contributed by atoms with E-state index >= 15 is 0 Å². The minimum atomic E-state index is -0.322. The number of hydrogen-bond acceptors (Lipinski definition) is 6. The van der Waals surface area contributed by atoms with E-state index in [0.29, 0.717) is 39.9 Å². The number of ether oxygens (including phenoxy) is 2. The zero-order chi connectivity index (χ0) is 18.4. The fourth-order valence-electron chi connectivity index (χ4n) is 2.03. The van der Waals surface area contributed by atoms with Gasteiger partial charge in [0, 0.05) is 5.75 Å². The number of rotatable bonds is 8. The first-order chi connectivity index (χ1) is 12.6. The second kappa shape index (κ2) is 8.77. The van der Waals surface area contributed by atoms with E-state index in [-0.39, 0.29) is 12.4 Å². The molecule has 0 aliphatic carbocycles. The van der Waals surface area contributed by atoms with Crippen LogP contribution in [0.3, 0.4) is 0 Å². The molecule has 26 heavy (non-hydrogen) atoms. The monoisotopic (exact) mass is 394 g/mol. The molecule has 9 heteroatoms. The number of nitrogens with zero attached hydrogens (tertiary/aromatic N) is 3. The van der Waals surface area contributed by atoms with Gasteiger partial charge in [-0.25, -0.2) is 9.07 Å². The third-order valence-electron chi connectivity index (χ3n) is 3.33. The second-order valence-electron chi connectivity index (χ2n) is 5.14. The van der Waals surface area contributed by atoms with E-state index in [1.807, 2.05) is 18.2 Å². The Kier molecular flexibility index (Phi) is 6.19. The van der Waals surface area contributed by atoms with Crippen LogP contribution in [0.5, 0.6) is 11.5 Å². The second-order valence-corrected chi connectivity index (χ2v) is 6.61. The zero-order valence-corrected chi connectivity index (χ0v) is 15.2. The molecule has 2 aromatic carbocycles. The van der Waals surface area contributed by atoms with E-state index in [2.05, 4.69) is 10.2 Å². The zero-order valence-electron chi connectivity index (χ0n) is 13.6. The van der Waals surface area contributed by atoms with Gasteiger partial charge in [-0.2, -0.15) is 0 Å². The average molecular weight is 395 g/mol. The van der Waals surface area contributed by atoms with Gasteiger partial charge in [-0.05, 0) is 36.4 Å². The van der Waals surface area contributed by atoms with Crippen molar-refractivity contribution in [3.8, 4) is 11.5 Å². The summed E-state index contributed by atoms with van der Waals surface area (Å²) in [6.07, 6.45) is 0. The van der Waals surface area contributed by atoms with E-state index in [9.17, 15) is 4.39 Å². The van der Waals surface area contributed by atoms with E-state index in [1.54, 1.807) is 6.07 Å². The normalized spacial score (nSPS) is 10.7.